The van der Waals surface area contributed by atoms with Crippen LogP contribution in [-0.2, 0) is 14.3 Å². The van der Waals surface area contributed by atoms with Gasteiger partial charge in [-0.15, -0.1) is 0 Å². The number of carbonyl (C=O) groups excluding carboxylic acids is 1. The van der Waals surface area contributed by atoms with E-state index in [1.54, 1.807) is 12.1 Å². The standard InChI is InChI=1S/C14H22N2O3/c1-10(2)19-8-7-18-9-14(17)16-13-6-4-5-12(15)11(13)3/h4-6,10H,7-9,15H2,1-3H3,(H,16,17). The van der Waals surface area contributed by atoms with E-state index in [0.29, 0.717) is 24.6 Å². The van der Waals surface area contributed by atoms with Crippen molar-refractivity contribution in [3.8, 4) is 0 Å². The molecule has 5 nitrogen and oxygen atoms in total. The van der Waals surface area contributed by atoms with E-state index in [2.05, 4.69) is 5.32 Å². The van der Waals surface area contributed by atoms with Crippen LogP contribution in [0.3, 0.4) is 0 Å². The number of ether oxygens (including phenoxy) is 2. The van der Waals surface area contributed by atoms with E-state index in [0.717, 1.165) is 5.56 Å². The second-order valence-electron chi connectivity index (χ2n) is 4.54. The largest absolute Gasteiger partial charge is 0.398 e. The van der Waals surface area contributed by atoms with E-state index < -0.39 is 0 Å². The lowest BCUT2D eigenvalue weighted by Crippen LogP contribution is -2.21. The molecular weight excluding hydrogens is 244 g/mol. The Morgan fingerprint density at radius 3 is 2.79 bits per heavy atom. The van der Waals surface area contributed by atoms with Gasteiger partial charge in [-0.05, 0) is 38.5 Å². The van der Waals surface area contributed by atoms with Crippen LogP contribution < -0.4 is 11.1 Å². The normalized spacial score (nSPS) is 10.7. The molecule has 0 saturated heterocycles. The lowest BCUT2D eigenvalue weighted by Gasteiger charge is -2.11. The fraction of sp³-hybridized carbons (Fsp3) is 0.500. The molecule has 0 bridgehead atoms. The first-order valence-corrected chi connectivity index (χ1v) is 6.35. The van der Waals surface area contributed by atoms with Crippen LogP contribution in [-0.4, -0.2) is 31.8 Å². The van der Waals surface area contributed by atoms with Gasteiger partial charge in [0, 0.05) is 11.4 Å². The predicted octanol–water partition coefficient (Wildman–Crippen LogP) is 1.96. The van der Waals surface area contributed by atoms with E-state index in [1.807, 2.05) is 26.8 Å². The Kier molecular flexibility index (Phi) is 6.32. The molecule has 1 rings (SSSR count). The Labute approximate surface area is 114 Å². The van der Waals surface area contributed by atoms with Crippen molar-refractivity contribution in [3.63, 3.8) is 0 Å². The van der Waals surface area contributed by atoms with Gasteiger partial charge in [0.15, 0.2) is 0 Å². The average molecular weight is 266 g/mol. The lowest BCUT2D eigenvalue weighted by atomic mass is 10.1. The average Bonchev–Trinajstić information content (AvgIpc) is 2.34. The summed E-state index contributed by atoms with van der Waals surface area (Å²) in [6, 6.07) is 5.41. The van der Waals surface area contributed by atoms with Gasteiger partial charge in [-0.1, -0.05) is 6.07 Å². The Morgan fingerprint density at radius 2 is 2.11 bits per heavy atom. The van der Waals surface area contributed by atoms with Gasteiger partial charge in [0.05, 0.1) is 19.3 Å². The molecule has 0 aliphatic carbocycles. The summed E-state index contributed by atoms with van der Waals surface area (Å²) >= 11 is 0. The number of anilines is 2. The first kappa shape index (κ1) is 15.5. The molecule has 0 spiro atoms. The quantitative estimate of drug-likeness (QED) is 0.584. The minimum Gasteiger partial charge on any atom is -0.398 e. The summed E-state index contributed by atoms with van der Waals surface area (Å²) in [5, 5.41) is 2.77. The second-order valence-corrected chi connectivity index (χ2v) is 4.54. The van der Waals surface area contributed by atoms with Crippen LogP contribution in [0.1, 0.15) is 19.4 Å². The minimum atomic E-state index is -0.196. The molecule has 0 aliphatic rings. The number of hydrogen-bond acceptors (Lipinski definition) is 4. The molecule has 0 aromatic heterocycles. The molecule has 0 heterocycles. The number of benzene rings is 1. The predicted molar refractivity (Wildman–Crippen MR) is 76.1 cm³/mol. The zero-order chi connectivity index (χ0) is 14.3. The molecule has 3 N–H and O–H groups in total. The zero-order valence-electron chi connectivity index (χ0n) is 11.7. The highest BCUT2D eigenvalue weighted by Crippen LogP contribution is 2.20. The van der Waals surface area contributed by atoms with Crippen molar-refractivity contribution in [1.29, 1.82) is 0 Å². The number of carbonyl (C=O) groups is 1. The van der Waals surface area contributed by atoms with Crippen LogP contribution in [0.4, 0.5) is 11.4 Å². The van der Waals surface area contributed by atoms with Crippen LogP contribution in [0.2, 0.25) is 0 Å². The summed E-state index contributed by atoms with van der Waals surface area (Å²) in [6.45, 7) is 6.67. The highest BCUT2D eigenvalue weighted by molar-refractivity contribution is 5.93. The van der Waals surface area contributed by atoms with Gasteiger partial charge in [0.25, 0.3) is 0 Å². The molecule has 0 unspecified atom stereocenters. The number of nitrogens with two attached hydrogens (primary N) is 1. The number of hydrogen-bond donors (Lipinski definition) is 2. The van der Waals surface area contributed by atoms with Crippen LogP contribution in [0.25, 0.3) is 0 Å². The van der Waals surface area contributed by atoms with Crippen molar-refractivity contribution < 1.29 is 14.3 Å². The zero-order valence-corrected chi connectivity index (χ0v) is 11.7. The van der Waals surface area contributed by atoms with E-state index >= 15 is 0 Å². The Balaban J connectivity index is 2.29. The first-order chi connectivity index (χ1) is 9.00. The van der Waals surface area contributed by atoms with Gasteiger partial charge in [-0.3, -0.25) is 4.79 Å². The Bertz CT molecular complexity index is 419. The van der Waals surface area contributed by atoms with Crippen molar-refractivity contribution in [2.24, 2.45) is 0 Å². The molecule has 0 aliphatic heterocycles. The maximum absolute atomic E-state index is 11.7. The minimum absolute atomic E-state index is 0.00962. The van der Waals surface area contributed by atoms with Crippen molar-refractivity contribution >= 4 is 17.3 Å². The van der Waals surface area contributed by atoms with Gasteiger partial charge in [0.2, 0.25) is 5.91 Å². The first-order valence-electron chi connectivity index (χ1n) is 6.35. The molecule has 1 aromatic carbocycles. The van der Waals surface area contributed by atoms with Crippen molar-refractivity contribution in [2.45, 2.75) is 26.9 Å². The second kappa shape index (κ2) is 7.76. The smallest absolute Gasteiger partial charge is 0.250 e. The summed E-state index contributed by atoms with van der Waals surface area (Å²) in [5.41, 5.74) is 8.00. The molecule has 0 fully saturated rings. The topological polar surface area (TPSA) is 73.6 Å². The fourth-order valence-corrected chi connectivity index (χ4v) is 1.48. The van der Waals surface area contributed by atoms with Gasteiger partial charge < -0.3 is 20.5 Å². The van der Waals surface area contributed by atoms with Crippen molar-refractivity contribution in [1.82, 2.24) is 0 Å². The van der Waals surface area contributed by atoms with Crippen LogP contribution in [0.15, 0.2) is 18.2 Å². The highest BCUT2D eigenvalue weighted by Gasteiger charge is 2.06. The summed E-state index contributed by atoms with van der Waals surface area (Å²) in [6.07, 6.45) is 0.173. The SMILES string of the molecule is Cc1c(N)cccc1NC(=O)COCCOC(C)C. The summed E-state index contributed by atoms with van der Waals surface area (Å²) < 4.78 is 10.5. The summed E-state index contributed by atoms with van der Waals surface area (Å²) in [5.74, 6) is -0.196. The number of nitrogen functional groups attached to an aromatic ring is 1. The molecule has 5 heteroatoms. The number of amides is 1. The van der Waals surface area contributed by atoms with Gasteiger partial charge in [-0.25, -0.2) is 0 Å². The van der Waals surface area contributed by atoms with Gasteiger partial charge >= 0.3 is 0 Å². The third-order valence-corrected chi connectivity index (χ3v) is 2.56. The maximum atomic E-state index is 11.7. The highest BCUT2D eigenvalue weighted by atomic mass is 16.5. The summed E-state index contributed by atoms with van der Waals surface area (Å²) in [4.78, 5) is 11.7. The number of rotatable bonds is 7. The van der Waals surface area contributed by atoms with Crippen molar-refractivity contribution in [2.75, 3.05) is 30.9 Å². The third kappa shape index (κ3) is 5.72. The molecule has 0 saturated carbocycles. The molecule has 1 amide bonds. The van der Waals surface area contributed by atoms with E-state index in [1.165, 1.54) is 0 Å². The lowest BCUT2D eigenvalue weighted by molar-refractivity contribution is -0.121. The van der Waals surface area contributed by atoms with E-state index in [9.17, 15) is 4.79 Å². The van der Waals surface area contributed by atoms with Gasteiger partial charge in [-0.2, -0.15) is 0 Å². The summed E-state index contributed by atoms with van der Waals surface area (Å²) in [7, 11) is 0. The Morgan fingerprint density at radius 1 is 1.37 bits per heavy atom. The van der Waals surface area contributed by atoms with Crippen molar-refractivity contribution in [3.05, 3.63) is 23.8 Å². The Hall–Kier alpha value is -1.59. The molecule has 1 aromatic rings. The molecule has 106 valence electrons. The van der Waals surface area contributed by atoms with E-state index in [4.69, 9.17) is 15.2 Å². The van der Waals surface area contributed by atoms with Crippen LogP contribution >= 0.6 is 0 Å². The molecule has 0 atom stereocenters. The molecular formula is C14H22N2O3. The molecule has 0 radical (unpaired) electrons. The monoisotopic (exact) mass is 266 g/mol. The van der Waals surface area contributed by atoms with E-state index in [-0.39, 0.29) is 18.6 Å². The van der Waals surface area contributed by atoms with Crippen LogP contribution in [0, 0.1) is 6.92 Å². The third-order valence-electron chi connectivity index (χ3n) is 2.56. The number of nitrogens with one attached hydrogen (secondary N) is 1. The fourth-order valence-electron chi connectivity index (χ4n) is 1.48. The van der Waals surface area contributed by atoms with Gasteiger partial charge in [0.1, 0.15) is 6.61 Å². The maximum Gasteiger partial charge on any atom is 0.250 e. The van der Waals surface area contributed by atoms with Crippen LogP contribution in [0.5, 0.6) is 0 Å². The molecule has 19 heavy (non-hydrogen) atoms.